The Labute approximate surface area is 132 Å². The smallest absolute Gasteiger partial charge is 0.343 e. The molecule has 3 rings (SSSR count). The van der Waals surface area contributed by atoms with Gasteiger partial charge in [-0.2, -0.15) is 0 Å². The second-order valence-electron chi connectivity index (χ2n) is 4.50. The molecule has 0 aliphatic carbocycles. The first kappa shape index (κ1) is 13.9. The molecule has 2 aromatic carbocycles. The van der Waals surface area contributed by atoms with E-state index >= 15 is 0 Å². The highest BCUT2D eigenvalue weighted by Gasteiger charge is 2.22. The van der Waals surface area contributed by atoms with Crippen LogP contribution in [-0.2, 0) is 9.53 Å². The van der Waals surface area contributed by atoms with Crippen molar-refractivity contribution in [1.82, 2.24) is 0 Å². The van der Waals surface area contributed by atoms with Crippen LogP contribution < -0.4 is 0 Å². The summed E-state index contributed by atoms with van der Waals surface area (Å²) in [7, 11) is 0. The Morgan fingerprint density at radius 1 is 0.905 bits per heavy atom. The number of hydrogen-bond acceptors (Lipinski definition) is 2. The third-order valence-corrected chi connectivity index (χ3v) is 3.74. The van der Waals surface area contributed by atoms with Gasteiger partial charge in [0.2, 0.25) is 0 Å². The van der Waals surface area contributed by atoms with Crippen molar-refractivity contribution in [2.24, 2.45) is 0 Å². The number of carbonyl (C=O) groups excluding carboxylic acids is 1. The van der Waals surface area contributed by atoms with E-state index in [1.807, 2.05) is 30.3 Å². The SMILES string of the molecule is O=C1OC(c2ccccc2)=C/C1=C\c1c(Cl)cccc1Cl. The molecule has 0 fully saturated rings. The van der Waals surface area contributed by atoms with Gasteiger partial charge in [-0.25, -0.2) is 4.79 Å². The quantitative estimate of drug-likeness (QED) is 0.577. The molecule has 1 aliphatic rings. The number of benzene rings is 2. The maximum atomic E-state index is 12.0. The molecular formula is C17H10Cl2O2. The lowest BCUT2D eigenvalue weighted by Crippen LogP contribution is -1.97. The number of hydrogen-bond donors (Lipinski definition) is 0. The summed E-state index contributed by atoms with van der Waals surface area (Å²) in [6.07, 6.45) is 3.33. The highest BCUT2D eigenvalue weighted by molar-refractivity contribution is 6.37. The largest absolute Gasteiger partial charge is 0.422 e. The third kappa shape index (κ3) is 2.87. The molecule has 0 spiro atoms. The molecule has 0 saturated heterocycles. The van der Waals surface area contributed by atoms with Crippen molar-refractivity contribution in [1.29, 1.82) is 0 Å². The highest BCUT2D eigenvalue weighted by atomic mass is 35.5. The maximum absolute atomic E-state index is 12.0. The molecule has 1 heterocycles. The van der Waals surface area contributed by atoms with E-state index in [0.29, 0.717) is 26.9 Å². The maximum Gasteiger partial charge on any atom is 0.343 e. The van der Waals surface area contributed by atoms with Gasteiger partial charge in [0.15, 0.2) is 0 Å². The van der Waals surface area contributed by atoms with E-state index in [1.54, 1.807) is 30.4 Å². The fraction of sp³-hybridized carbons (Fsp3) is 0. The highest BCUT2D eigenvalue weighted by Crippen LogP contribution is 2.31. The predicted octanol–water partition coefficient (Wildman–Crippen LogP) is 4.97. The van der Waals surface area contributed by atoms with Crippen molar-refractivity contribution >= 4 is 41.0 Å². The van der Waals surface area contributed by atoms with Gasteiger partial charge >= 0.3 is 5.97 Å². The number of carbonyl (C=O) groups is 1. The van der Waals surface area contributed by atoms with Gasteiger partial charge in [-0.05, 0) is 24.3 Å². The van der Waals surface area contributed by atoms with Crippen LogP contribution in [0.2, 0.25) is 10.0 Å². The molecule has 1 aliphatic heterocycles. The normalized spacial score (nSPS) is 16.0. The fourth-order valence-corrected chi connectivity index (χ4v) is 2.54. The minimum atomic E-state index is -0.412. The average molecular weight is 317 g/mol. The van der Waals surface area contributed by atoms with Gasteiger partial charge < -0.3 is 4.74 Å². The zero-order valence-corrected chi connectivity index (χ0v) is 12.4. The number of ether oxygens (including phenoxy) is 1. The van der Waals surface area contributed by atoms with Gasteiger partial charge in [0.05, 0.1) is 5.57 Å². The summed E-state index contributed by atoms with van der Waals surface area (Å²) in [6.45, 7) is 0. The van der Waals surface area contributed by atoms with Crippen LogP contribution >= 0.6 is 23.2 Å². The van der Waals surface area contributed by atoms with Crippen LogP contribution in [0.3, 0.4) is 0 Å². The van der Waals surface area contributed by atoms with Crippen molar-refractivity contribution in [2.75, 3.05) is 0 Å². The number of esters is 1. The topological polar surface area (TPSA) is 26.3 Å². The molecule has 0 amide bonds. The van der Waals surface area contributed by atoms with Crippen molar-refractivity contribution in [3.8, 4) is 0 Å². The Hall–Kier alpha value is -2.03. The van der Waals surface area contributed by atoms with E-state index in [4.69, 9.17) is 27.9 Å². The van der Waals surface area contributed by atoms with Crippen molar-refractivity contribution in [3.05, 3.63) is 81.4 Å². The first-order chi connectivity index (χ1) is 10.1. The van der Waals surface area contributed by atoms with Crippen LogP contribution in [0.25, 0.3) is 11.8 Å². The van der Waals surface area contributed by atoms with Crippen LogP contribution in [0.1, 0.15) is 11.1 Å². The molecular weight excluding hydrogens is 307 g/mol. The van der Waals surface area contributed by atoms with Crippen LogP contribution in [0.5, 0.6) is 0 Å². The van der Waals surface area contributed by atoms with Gasteiger partial charge in [0.1, 0.15) is 5.76 Å². The molecule has 0 aromatic heterocycles. The van der Waals surface area contributed by atoms with E-state index in [0.717, 1.165) is 5.56 Å². The standard InChI is InChI=1S/C17H10Cl2O2/c18-14-7-4-8-15(19)13(14)9-12-10-16(21-17(12)20)11-5-2-1-3-6-11/h1-10H/b12-9+. The summed E-state index contributed by atoms with van der Waals surface area (Å²) in [5.74, 6) is 0.111. The number of halogens is 2. The van der Waals surface area contributed by atoms with E-state index in [-0.39, 0.29) is 0 Å². The summed E-state index contributed by atoms with van der Waals surface area (Å²) in [5.41, 5.74) is 1.88. The Bertz CT molecular complexity index is 741. The van der Waals surface area contributed by atoms with Gasteiger partial charge in [0.25, 0.3) is 0 Å². The van der Waals surface area contributed by atoms with Gasteiger partial charge in [-0.1, -0.05) is 59.6 Å². The monoisotopic (exact) mass is 316 g/mol. The third-order valence-electron chi connectivity index (χ3n) is 3.08. The lowest BCUT2D eigenvalue weighted by molar-refractivity contribution is -0.130. The minimum Gasteiger partial charge on any atom is -0.422 e. The summed E-state index contributed by atoms with van der Waals surface area (Å²) < 4.78 is 5.28. The number of rotatable bonds is 2. The molecule has 0 bridgehead atoms. The lowest BCUT2D eigenvalue weighted by atomic mass is 10.1. The van der Waals surface area contributed by atoms with Crippen molar-refractivity contribution in [2.45, 2.75) is 0 Å². The zero-order valence-electron chi connectivity index (χ0n) is 10.8. The predicted molar refractivity (Wildman–Crippen MR) is 85.0 cm³/mol. The second kappa shape index (κ2) is 5.76. The molecule has 0 N–H and O–H groups in total. The van der Waals surface area contributed by atoms with Crippen molar-refractivity contribution in [3.63, 3.8) is 0 Å². The molecule has 2 nitrogen and oxygen atoms in total. The molecule has 4 heteroatoms. The van der Waals surface area contributed by atoms with Gasteiger partial charge in [0, 0.05) is 21.2 Å². The van der Waals surface area contributed by atoms with Crippen LogP contribution in [0, 0.1) is 0 Å². The fourth-order valence-electron chi connectivity index (χ4n) is 2.04. The Balaban J connectivity index is 2.01. The molecule has 0 saturated carbocycles. The summed E-state index contributed by atoms with van der Waals surface area (Å²) in [6, 6.07) is 14.6. The summed E-state index contributed by atoms with van der Waals surface area (Å²) in [5, 5.41) is 0.980. The first-order valence-corrected chi connectivity index (χ1v) is 7.06. The second-order valence-corrected chi connectivity index (χ2v) is 5.31. The van der Waals surface area contributed by atoms with Gasteiger partial charge in [-0.3, -0.25) is 0 Å². The zero-order chi connectivity index (χ0) is 14.8. The average Bonchev–Trinajstić information content (AvgIpc) is 2.85. The number of cyclic esters (lactones) is 1. The summed E-state index contributed by atoms with van der Waals surface area (Å²) >= 11 is 12.2. The molecule has 0 atom stereocenters. The Kier molecular flexibility index (Phi) is 3.82. The van der Waals surface area contributed by atoms with E-state index in [1.165, 1.54) is 0 Å². The van der Waals surface area contributed by atoms with Crippen LogP contribution in [-0.4, -0.2) is 5.97 Å². The first-order valence-electron chi connectivity index (χ1n) is 6.30. The van der Waals surface area contributed by atoms with Crippen LogP contribution in [0.4, 0.5) is 0 Å². The molecule has 2 aromatic rings. The molecule has 21 heavy (non-hydrogen) atoms. The molecule has 104 valence electrons. The van der Waals surface area contributed by atoms with Crippen molar-refractivity contribution < 1.29 is 9.53 Å². The lowest BCUT2D eigenvalue weighted by Gasteiger charge is -2.01. The molecule has 0 unspecified atom stereocenters. The minimum absolute atomic E-state index is 0.412. The molecule has 0 radical (unpaired) electrons. The van der Waals surface area contributed by atoms with E-state index in [2.05, 4.69) is 0 Å². The van der Waals surface area contributed by atoms with Gasteiger partial charge in [-0.15, -0.1) is 0 Å². The van der Waals surface area contributed by atoms with Crippen LogP contribution in [0.15, 0.2) is 60.2 Å². The van der Waals surface area contributed by atoms with E-state index < -0.39 is 5.97 Å². The Morgan fingerprint density at radius 3 is 2.24 bits per heavy atom. The Morgan fingerprint density at radius 2 is 1.57 bits per heavy atom. The summed E-state index contributed by atoms with van der Waals surface area (Å²) in [4.78, 5) is 12.0. The van der Waals surface area contributed by atoms with E-state index in [9.17, 15) is 4.79 Å².